The van der Waals surface area contributed by atoms with E-state index >= 15 is 0 Å². The van der Waals surface area contributed by atoms with Crippen molar-refractivity contribution in [3.63, 3.8) is 0 Å². The van der Waals surface area contributed by atoms with E-state index in [-0.39, 0.29) is 0 Å². The average molecular weight is 486 g/mol. The average Bonchev–Trinajstić information content (AvgIpc) is 3.00. The Morgan fingerprint density at radius 1 is 0.316 bits per heavy atom. The lowest BCUT2D eigenvalue weighted by molar-refractivity contribution is 1.07. The molecule has 178 valence electrons. The maximum atomic E-state index is 4.94. The molecule has 0 saturated carbocycles. The maximum absolute atomic E-state index is 4.94. The zero-order valence-corrected chi connectivity index (χ0v) is 20.6. The molecule has 0 aliphatic heterocycles. The van der Waals surface area contributed by atoms with Crippen LogP contribution in [-0.2, 0) is 0 Å². The molecule has 3 heteroatoms. The molecule has 0 fully saturated rings. The molecule has 6 aromatic carbocycles. The Bertz CT molecular complexity index is 1800. The summed E-state index contributed by atoms with van der Waals surface area (Å²) in [6.07, 6.45) is 0. The second-order valence-electron chi connectivity index (χ2n) is 9.31. The Labute approximate surface area is 221 Å². The summed E-state index contributed by atoms with van der Waals surface area (Å²) in [7, 11) is 0. The lowest BCUT2D eigenvalue weighted by Crippen LogP contribution is -2.00. The van der Waals surface area contributed by atoms with E-state index in [1.54, 1.807) is 0 Å². The molecule has 0 aliphatic carbocycles. The molecule has 0 amide bonds. The second-order valence-corrected chi connectivity index (χ2v) is 9.31. The van der Waals surface area contributed by atoms with Crippen LogP contribution in [-0.4, -0.2) is 15.0 Å². The van der Waals surface area contributed by atoms with Crippen molar-refractivity contribution in [3.05, 3.63) is 140 Å². The van der Waals surface area contributed by atoms with Gasteiger partial charge in [-0.25, -0.2) is 15.0 Å². The van der Waals surface area contributed by atoms with Gasteiger partial charge in [0.1, 0.15) is 0 Å². The van der Waals surface area contributed by atoms with Crippen molar-refractivity contribution in [2.45, 2.75) is 0 Å². The first-order valence-corrected chi connectivity index (χ1v) is 12.7. The number of benzene rings is 6. The van der Waals surface area contributed by atoms with Crippen LogP contribution in [0.25, 0.3) is 66.8 Å². The fourth-order valence-corrected chi connectivity index (χ4v) is 5.08. The van der Waals surface area contributed by atoms with Crippen molar-refractivity contribution >= 4 is 21.5 Å². The molecule has 0 radical (unpaired) electrons. The van der Waals surface area contributed by atoms with E-state index in [1.165, 1.54) is 27.1 Å². The van der Waals surface area contributed by atoms with E-state index in [2.05, 4.69) is 78.9 Å². The summed E-state index contributed by atoms with van der Waals surface area (Å²) in [5, 5.41) is 4.91. The molecule has 38 heavy (non-hydrogen) atoms. The Kier molecular flexibility index (Phi) is 5.45. The van der Waals surface area contributed by atoms with Gasteiger partial charge in [-0.1, -0.05) is 127 Å². The van der Waals surface area contributed by atoms with Crippen LogP contribution < -0.4 is 0 Å². The zero-order chi connectivity index (χ0) is 25.3. The Morgan fingerprint density at radius 3 is 1.29 bits per heavy atom. The van der Waals surface area contributed by atoms with Crippen LogP contribution in [0.4, 0.5) is 0 Å². The molecule has 7 rings (SSSR count). The van der Waals surface area contributed by atoms with Crippen molar-refractivity contribution in [3.8, 4) is 45.3 Å². The summed E-state index contributed by atoms with van der Waals surface area (Å²) in [4.78, 5) is 14.7. The summed E-state index contributed by atoms with van der Waals surface area (Å²) >= 11 is 0. The van der Waals surface area contributed by atoms with Gasteiger partial charge in [-0.15, -0.1) is 0 Å². The third-order valence-electron chi connectivity index (χ3n) is 6.88. The highest BCUT2D eigenvalue weighted by atomic mass is 15.0. The highest BCUT2D eigenvalue weighted by Crippen LogP contribution is 2.37. The molecular formula is C35H23N3. The first-order chi connectivity index (χ1) is 18.8. The minimum atomic E-state index is 0.657. The van der Waals surface area contributed by atoms with Crippen LogP contribution in [0.1, 0.15) is 0 Å². The molecule has 0 atom stereocenters. The van der Waals surface area contributed by atoms with Crippen molar-refractivity contribution in [2.24, 2.45) is 0 Å². The van der Waals surface area contributed by atoms with Crippen LogP contribution >= 0.6 is 0 Å². The van der Waals surface area contributed by atoms with E-state index in [9.17, 15) is 0 Å². The van der Waals surface area contributed by atoms with E-state index in [4.69, 9.17) is 15.0 Å². The smallest absolute Gasteiger partial charge is 0.164 e. The van der Waals surface area contributed by atoms with E-state index in [0.717, 1.165) is 22.3 Å². The summed E-state index contributed by atoms with van der Waals surface area (Å²) in [5.41, 5.74) is 5.24. The molecule has 0 spiro atoms. The van der Waals surface area contributed by atoms with E-state index in [0.29, 0.717) is 17.5 Å². The van der Waals surface area contributed by atoms with Gasteiger partial charge < -0.3 is 0 Å². The molecule has 0 N–H and O–H groups in total. The minimum absolute atomic E-state index is 0.657. The number of nitrogens with zero attached hydrogens (tertiary/aromatic N) is 3. The van der Waals surface area contributed by atoms with E-state index < -0.39 is 0 Å². The topological polar surface area (TPSA) is 38.7 Å². The third-order valence-corrected chi connectivity index (χ3v) is 6.88. The number of rotatable bonds is 4. The van der Waals surface area contributed by atoms with Gasteiger partial charge in [0.25, 0.3) is 0 Å². The number of hydrogen-bond donors (Lipinski definition) is 0. The monoisotopic (exact) mass is 485 g/mol. The van der Waals surface area contributed by atoms with E-state index in [1.807, 2.05) is 60.7 Å². The standard InChI is InChI=1S/C35H23N3/c1-3-12-24(13-4-1)33-36-34(25-14-5-2-6-15-25)38-35(37-33)29-19-11-18-28(23-29)32-30-20-9-7-16-26(30)22-27-17-8-10-21-31(27)32/h1-23H. The fraction of sp³-hybridized carbons (Fsp3) is 0. The van der Waals surface area contributed by atoms with Crippen molar-refractivity contribution in [1.82, 2.24) is 15.0 Å². The van der Waals surface area contributed by atoms with Gasteiger partial charge in [0.05, 0.1) is 0 Å². The largest absolute Gasteiger partial charge is 0.208 e. The summed E-state index contributed by atoms with van der Waals surface area (Å²) in [6.45, 7) is 0. The lowest BCUT2D eigenvalue weighted by atomic mass is 9.91. The Morgan fingerprint density at radius 2 is 0.737 bits per heavy atom. The maximum Gasteiger partial charge on any atom is 0.164 e. The van der Waals surface area contributed by atoms with Gasteiger partial charge in [0, 0.05) is 16.7 Å². The van der Waals surface area contributed by atoms with Gasteiger partial charge >= 0.3 is 0 Å². The minimum Gasteiger partial charge on any atom is -0.208 e. The van der Waals surface area contributed by atoms with Crippen LogP contribution in [0.5, 0.6) is 0 Å². The molecule has 3 nitrogen and oxygen atoms in total. The number of fused-ring (bicyclic) bond motifs is 2. The summed E-state index contributed by atoms with van der Waals surface area (Å²) in [6, 6.07) is 48.2. The third kappa shape index (κ3) is 4.00. The molecular weight excluding hydrogens is 462 g/mol. The van der Waals surface area contributed by atoms with Gasteiger partial charge in [0.15, 0.2) is 17.5 Å². The molecule has 1 aromatic heterocycles. The van der Waals surface area contributed by atoms with Gasteiger partial charge in [0.2, 0.25) is 0 Å². The Hall–Kier alpha value is -5.15. The highest BCUT2D eigenvalue weighted by Gasteiger charge is 2.14. The first kappa shape index (κ1) is 22.1. The molecule has 0 unspecified atom stereocenters. The predicted octanol–water partition coefficient (Wildman–Crippen LogP) is 8.85. The normalized spacial score (nSPS) is 11.2. The molecule has 0 aliphatic rings. The first-order valence-electron chi connectivity index (χ1n) is 12.7. The van der Waals surface area contributed by atoms with Gasteiger partial charge in [-0.05, 0) is 44.8 Å². The molecule has 1 heterocycles. The predicted molar refractivity (Wildman–Crippen MR) is 157 cm³/mol. The Balaban J connectivity index is 1.45. The zero-order valence-electron chi connectivity index (χ0n) is 20.6. The van der Waals surface area contributed by atoms with Crippen LogP contribution in [0.3, 0.4) is 0 Å². The quantitative estimate of drug-likeness (QED) is 0.234. The van der Waals surface area contributed by atoms with Gasteiger partial charge in [-0.2, -0.15) is 0 Å². The van der Waals surface area contributed by atoms with Crippen LogP contribution in [0.15, 0.2) is 140 Å². The van der Waals surface area contributed by atoms with Crippen LogP contribution in [0.2, 0.25) is 0 Å². The van der Waals surface area contributed by atoms with Crippen molar-refractivity contribution in [2.75, 3.05) is 0 Å². The van der Waals surface area contributed by atoms with Crippen molar-refractivity contribution < 1.29 is 0 Å². The summed E-state index contributed by atoms with van der Waals surface area (Å²) in [5.74, 6) is 1.98. The fourth-order valence-electron chi connectivity index (χ4n) is 5.08. The lowest BCUT2D eigenvalue weighted by Gasteiger charge is -2.13. The molecule has 0 saturated heterocycles. The highest BCUT2D eigenvalue weighted by molar-refractivity contribution is 6.12. The van der Waals surface area contributed by atoms with Crippen molar-refractivity contribution in [1.29, 1.82) is 0 Å². The molecule has 7 aromatic rings. The van der Waals surface area contributed by atoms with Gasteiger partial charge in [-0.3, -0.25) is 0 Å². The molecule has 0 bridgehead atoms. The number of aromatic nitrogens is 3. The SMILES string of the molecule is c1ccc(-c2nc(-c3ccccc3)nc(-c3cccc(-c4c5ccccc5cc5ccccc45)c3)n2)cc1. The summed E-state index contributed by atoms with van der Waals surface area (Å²) < 4.78 is 0. The number of hydrogen-bond acceptors (Lipinski definition) is 3. The second kappa shape index (κ2) is 9.38. The van der Waals surface area contributed by atoms with Crippen LogP contribution in [0, 0.1) is 0 Å².